The first-order valence-corrected chi connectivity index (χ1v) is 5.98. The zero-order valence-electron chi connectivity index (χ0n) is 11.1. The van der Waals surface area contributed by atoms with Crippen LogP contribution in [-0.2, 0) is 9.47 Å². The van der Waals surface area contributed by atoms with Crippen LogP contribution in [0.4, 0.5) is 13.2 Å². The van der Waals surface area contributed by atoms with Gasteiger partial charge >= 0.3 is 6.18 Å². The second-order valence-corrected chi connectivity index (χ2v) is 4.29. The molecule has 1 aromatic rings. The number of epoxide rings is 1. The van der Waals surface area contributed by atoms with E-state index in [1.54, 1.807) is 0 Å². The van der Waals surface area contributed by atoms with Gasteiger partial charge in [0.25, 0.3) is 0 Å². The standard InChI is InChI=1S/C13H15F3O4/c1-17-10-5-3-4-9(11(10)18-2)12(13(14,15)16)20-7-8-6-19-8/h3-5,8,12H,6-7H2,1-2H3/t8-,12-/m1/s1. The van der Waals surface area contributed by atoms with Crippen molar-refractivity contribution >= 4 is 0 Å². The van der Waals surface area contributed by atoms with Gasteiger partial charge < -0.3 is 18.9 Å². The lowest BCUT2D eigenvalue weighted by Gasteiger charge is -2.23. The Kier molecular flexibility index (Phi) is 4.39. The molecule has 2 atom stereocenters. The minimum absolute atomic E-state index is 0.0223. The van der Waals surface area contributed by atoms with Crippen molar-refractivity contribution in [3.63, 3.8) is 0 Å². The lowest BCUT2D eigenvalue weighted by molar-refractivity contribution is -0.225. The van der Waals surface area contributed by atoms with E-state index in [0.29, 0.717) is 6.61 Å². The fourth-order valence-electron chi connectivity index (χ4n) is 1.85. The Hall–Kier alpha value is -1.47. The molecule has 1 heterocycles. The molecule has 1 saturated heterocycles. The highest BCUT2D eigenvalue weighted by atomic mass is 19.4. The second kappa shape index (κ2) is 5.88. The number of hydrogen-bond donors (Lipinski definition) is 0. The summed E-state index contributed by atoms with van der Waals surface area (Å²) in [6.45, 7) is 0.324. The molecule has 0 unspecified atom stereocenters. The minimum Gasteiger partial charge on any atom is -0.493 e. The Morgan fingerprint density at radius 1 is 1.30 bits per heavy atom. The molecule has 4 nitrogen and oxygen atoms in total. The highest BCUT2D eigenvalue weighted by molar-refractivity contribution is 5.48. The Morgan fingerprint density at radius 2 is 2.00 bits per heavy atom. The van der Waals surface area contributed by atoms with Gasteiger partial charge in [0.2, 0.25) is 0 Å². The molecular weight excluding hydrogens is 277 g/mol. The maximum atomic E-state index is 13.2. The van der Waals surface area contributed by atoms with E-state index >= 15 is 0 Å². The van der Waals surface area contributed by atoms with E-state index in [9.17, 15) is 13.2 Å². The van der Waals surface area contributed by atoms with E-state index in [1.807, 2.05) is 0 Å². The second-order valence-electron chi connectivity index (χ2n) is 4.29. The summed E-state index contributed by atoms with van der Waals surface area (Å²) >= 11 is 0. The SMILES string of the molecule is COc1cccc([C@@H](OC[C@H]2CO2)C(F)(F)F)c1OC. The van der Waals surface area contributed by atoms with Crippen LogP contribution in [0.25, 0.3) is 0 Å². The summed E-state index contributed by atoms with van der Waals surface area (Å²) in [6.07, 6.45) is -6.87. The fraction of sp³-hybridized carbons (Fsp3) is 0.538. The van der Waals surface area contributed by atoms with Gasteiger partial charge in [-0.3, -0.25) is 0 Å². The first kappa shape index (κ1) is 14.9. The van der Waals surface area contributed by atoms with Crippen molar-refractivity contribution in [1.82, 2.24) is 0 Å². The molecule has 0 saturated carbocycles. The monoisotopic (exact) mass is 292 g/mol. The predicted octanol–water partition coefficient (Wildman–Crippen LogP) is 2.72. The van der Waals surface area contributed by atoms with Crippen molar-refractivity contribution < 1.29 is 32.1 Å². The van der Waals surface area contributed by atoms with Crippen LogP contribution in [-0.4, -0.2) is 39.7 Å². The number of hydrogen-bond acceptors (Lipinski definition) is 4. The van der Waals surface area contributed by atoms with E-state index in [2.05, 4.69) is 0 Å². The van der Waals surface area contributed by atoms with E-state index in [1.165, 1.54) is 32.4 Å². The van der Waals surface area contributed by atoms with Crippen molar-refractivity contribution in [3.8, 4) is 11.5 Å². The van der Waals surface area contributed by atoms with Gasteiger partial charge in [-0.2, -0.15) is 13.2 Å². The summed E-state index contributed by atoms with van der Waals surface area (Å²) in [5.41, 5.74) is -0.111. The van der Waals surface area contributed by atoms with Crippen LogP contribution in [0.15, 0.2) is 18.2 Å². The molecule has 1 aromatic carbocycles. The predicted molar refractivity (Wildman–Crippen MR) is 64.0 cm³/mol. The quantitative estimate of drug-likeness (QED) is 0.756. The van der Waals surface area contributed by atoms with Gasteiger partial charge in [-0.25, -0.2) is 0 Å². The van der Waals surface area contributed by atoms with Crippen molar-refractivity contribution in [3.05, 3.63) is 23.8 Å². The number of halogens is 3. The Bertz CT molecular complexity index is 457. The highest BCUT2D eigenvalue weighted by Crippen LogP contribution is 2.43. The number of rotatable bonds is 6. The zero-order chi connectivity index (χ0) is 14.8. The van der Waals surface area contributed by atoms with Crippen LogP contribution in [0.1, 0.15) is 11.7 Å². The van der Waals surface area contributed by atoms with Crippen molar-refractivity contribution in [2.45, 2.75) is 18.4 Å². The van der Waals surface area contributed by atoms with E-state index in [0.717, 1.165) is 0 Å². The first-order chi connectivity index (χ1) is 9.47. The minimum atomic E-state index is -4.55. The molecule has 1 fully saturated rings. The normalized spacial score (nSPS) is 19.6. The van der Waals surface area contributed by atoms with E-state index in [-0.39, 0.29) is 29.8 Å². The van der Waals surface area contributed by atoms with Gasteiger partial charge in [0, 0.05) is 5.56 Å². The summed E-state index contributed by atoms with van der Waals surface area (Å²) in [5, 5.41) is 0. The molecule has 20 heavy (non-hydrogen) atoms. The summed E-state index contributed by atoms with van der Waals surface area (Å²) < 4.78 is 59.4. The van der Waals surface area contributed by atoms with Crippen LogP contribution in [0.5, 0.6) is 11.5 Å². The van der Waals surface area contributed by atoms with Gasteiger partial charge in [-0.1, -0.05) is 12.1 Å². The topological polar surface area (TPSA) is 40.2 Å². The number of alkyl halides is 3. The average molecular weight is 292 g/mol. The number of benzene rings is 1. The molecule has 0 bridgehead atoms. The maximum absolute atomic E-state index is 13.2. The van der Waals surface area contributed by atoms with Crippen LogP contribution in [0, 0.1) is 0 Å². The summed E-state index contributed by atoms with van der Waals surface area (Å²) in [6, 6.07) is 4.31. The lowest BCUT2D eigenvalue weighted by atomic mass is 10.1. The molecule has 0 aromatic heterocycles. The molecule has 1 aliphatic heterocycles. The first-order valence-electron chi connectivity index (χ1n) is 5.98. The van der Waals surface area contributed by atoms with Gasteiger partial charge in [0.15, 0.2) is 17.6 Å². The fourth-order valence-corrected chi connectivity index (χ4v) is 1.85. The lowest BCUT2D eigenvalue weighted by Crippen LogP contribution is -2.25. The van der Waals surface area contributed by atoms with Gasteiger partial charge in [-0.15, -0.1) is 0 Å². The Balaban J connectivity index is 2.31. The summed E-state index contributed by atoms with van der Waals surface area (Å²) in [7, 11) is 2.65. The molecule has 2 rings (SSSR count). The van der Waals surface area contributed by atoms with Crippen molar-refractivity contribution in [2.75, 3.05) is 27.4 Å². The Labute approximate surface area is 114 Å². The molecule has 0 aliphatic carbocycles. The molecule has 0 amide bonds. The van der Waals surface area contributed by atoms with Crippen LogP contribution in [0.3, 0.4) is 0 Å². The molecule has 0 N–H and O–H groups in total. The highest BCUT2D eigenvalue weighted by Gasteiger charge is 2.44. The summed E-state index contributed by atoms with van der Waals surface area (Å²) in [5.74, 6) is 0.250. The summed E-state index contributed by atoms with van der Waals surface area (Å²) in [4.78, 5) is 0. The van der Waals surface area contributed by atoms with Gasteiger partial charge in [0.1, 0.15) is 6.10 Å². The molecule has 0 spiro atoms. The van der Waals surface area contributed by atoms with Crippen LogP contribution >= 0.6 is 0 Å². The van der Waals surface area contributed by atoms with Crippen LogP contribution in [0.2, 0.25) is 0 Å². The molecule has 7 heteroatoms. The molecule has 1 aliphatic rings. The van der Waals surface area contributed by atoms with Crippen molar-refractivity contribution in [2.24, 2.45) is 0 Å². The largest absolute Gasteiger partial charge is 0.493 e. The van der Waals surface area contributed by atoms with Gasteiger partial charge in [0.05, 0.1) is 27.4 Å². The maximum Gasteiger partial charge on any atom is 0.419 e. The van der Waals surface area contributed by atoms with E-state index < -0.39 is 12.3 Å². The third kappa shape index (κ3) is 3.34. The number of para-hydroxylation sites is 1. The smallest absolute Gasteiger partial charge is 0.419 e. The third-order valence-corrected chi connectivity index (χ3v) is 2.86. The number of methoxy groups -OCH3 is 2. The zero-order valence-corrected chi connectivity index (χ0v) is 11.1. The van der Waals surface area contributed by atoms with Gasteiger partial charge in [-0.05, 0) is 6.07 Å². The molecular formula is C13H15F3O4. The van der Waals surface area contributed by atoms with E-state index in [4.69, 9.17) is 18.9 Å². The molecule has 112 valence electrons. The third-order valence-electron chi connectivity index (χ3n) is 2.86. The number of ether oxygens (including phenoxy) is 4. The molecule has 0 radical (unpaired) electrons. The van der Waals surface area contributed by atoms with Crippen molar-refractivity contribution in [1.29, 1.82) is 0 Å². The van der Waals surface area contributed by atoms with Crippen LogP contribution < -0.4 is 9.47 Å². The Morgan fingerprint density at radius 3 is 2.50 bits per heavy atom. The average Bonchev–Trinajstić information content (AvgIpc) is 3.21.